The maximum Gasteiger partial charge on any atom is 0.256 e. The number of aromatic nitrogens is 1. The van der Waals surface area contributed by atoms with Crippen LogP contribution in [0.2, 0.25) is 0 Å². The van der Waals surface area contributed by atoms with Gasteiger partial charge in [-0.2, -0.15) is 0 Å². The van der Waals surface area contributed by atoms with E-state index in [-0.39, 0.29) is 17.4 Å². The Morgan fingerprint density at radius 1 is 1.37 bits per heavy atom. The van der Waals surface area contributed by atoms with Crippen LogP contribution in [0.15, 0.2) is 23.6 Å². The van der Waals surface area contributed by atoms with Crippen molar-refractivity contribution in [3.8, 4) is 0 Å². The van der Waals surface area contributed by atoms with E-state index in [9.17, 15) is 18.4 Å². The molecule has 27 heavy (non-hydrogen) atoms. The highest BCUT2D eigenvalue weighted by molar-refractivity contribution is 7.09. The highest BCUT2D eigenvalue weighted by atomic mass is 32.1. The number of hydrogen-bond acceptors (Lipinski definition) is 4. The summed E-state index contributed by atoms with van der Waals surface area (Å²) >= 11 is 1.51. The molecule has 1 aromatic heterocycles. The molecule has 1 atom stereocenters. The molecule has 0 radical (unpaired) electrons. The zero-order chi connectivity index (χ0) is 19.4. The van der Waals surface area contributed by atoms with Crippen molar-refractivity contribution in [2.45, 2.75) is 38.6 Å². The number of benzene rings is 1. The predicted molar refractivity (Wildman–Crippen MR) is 98.5 cm³/mol. The van der Waals surface area contributed by atoms with Gasteiger partial charge in [-0.15, -0.1) is 11.3 Å². The second-order valence-electron chi connectivity index (χ2n) is 6.52. The minimum Gasteiger partial charge on any atom is -0.350 e. The molecule has 1 aliphatic rings. The SMILES string of the molecule is CCC(=O)NCc1csc([C@@H]2CCCN(C(=O)c3ccc(F)cc3F)C2)n1. The average molecular weight is 393 g/mol. The number of likely N-dealkylation sites (tertiary alicyclic amines) is 1. The number of nitrogens with one attached hydrogen (secondary N) is 1. The van der Waals surface area contributed by atoms with Crippen molar-refractivity contribution in [3.63, 3.8) is 0 Å². The van der Waals surface area contributed by atoms with Gasteiger partial charge in [0.15, 0.2) is 0 Å². The van der Waals surface area contributed by atoms with Crippen molar-refractivity contribution in [3.05, 3.63) is 51.5 Å². The first-order valence-electron chi connectivity index (χ1n) is 8.93. The van der Waals surface area contributed by atoms with Gasteiger partial charge in [0.05, 0.1) is 22.8 Å². The zero-order valence-electron chi connectivity index (χ0n) is 15.0. The number of amides is 2. The molecular formula is C19H21F2N3O2S. The summed E-state index contributed by atoms with van der Waals surface area (Å²) in [6.45, 7) is 3.17. The van der Waals surface area contributed by atoms with Crippen LogP contribution in [-0.4, -0.2) is 34.8 Å². The molecule has 1 aliphatic heterocycles. The molecule has 0 unspecified atom stereocenters. The maximum absolute atomic E-state index is 13.9. The van der Waals surface area contributed by atoms with Crippen molar-refractivity contribution < 1.29 is 18.4 Å². The van der Waals surface area contributed by atoms with Crippen LogP contribution in [-0.2, 0) is 11.3 Å². The molecular weight excluding hydrogens is 372 g/mol. The number of piperidine rings is 1. The predicted octanol–water partition coefficient (Wildman–Crippen LogP) is 3.47. The minimum atomic E-state index is -0.842. The molecule has 8 heteroatoms. The number of hydrogen-bond donors (Lipinski definition) is 1. The topological polar surface area (TPSA) is 62.3 Å². The Morgan fingerprint density at radius 2 is 2.19 bits per heavy atom. The van der Waals surface area contributed by atoms with Gasteiger partial charge in [-0.05, 0) is 25.0 Å². The third kappa shape index (κ3) is 4.68. The summed E-state index contributed by atoms with van der Waals surface area (Å²) in [5.74, 6) is -1.92. The van der Waals surface area contributed by atoms with Gasteiger partial charge in [-0.1, -0.05) is 6.92 Å². The van der Waals surface area contributed by atoms with E-state index in [0.29, 0.717) is 26.1 Å². The first-order chi connectivity index (χ1) is 13.0. The van der Waals surface area contributed by atoms with E-state index in [1.54, 1.807) is 11.8 Å². The first kappa shape index (κ1) is 19.4. The van der Waals surface area contributed by atoms with Crippen LogP contribution in [0.1, 0.15) is 53.2 Å². The van der Waals surface area contributed by atoms with Crippen molar-refractivity contribution in [1.29, 1.82) is 0 Å². The van der Waals surface area contributed by atoms with Crippen LogP contribution in [0.5, 0.6) is 0 Å². The van der Waals surface area contributed by atoms with Crippen LogP contribution >= 0.6 is 11.3 Å². The summed E-state index contributed by atoms with van der Waals surface area (Å²) in [5, 5.41) is 5.61. The Hall–Kier alpha value is -2.35. The number of halogens is 2. The molecule has 1 N–H and O–H groups in total. The van der Waals surface area contributed by atoms with Gasteiger partial charge >= 0.3 is 0 Å². The molecule has 1 saturated heterocycles. The Labute approximate surface area is 160 Å². The van der Waals surface area contributed by atoms with E-state index in [0.717, 1.165) is 35.7 Å². The largest absolute Gasteiger partial charge is 0.350 e. The van der Waals surface area contributed by atoms with Gasteiger partial charge in [0.2, 0.25) is 5.91 Å². The quantitative estimate of drug-likeness (QED) is 0.846. The summed E-state index contributed by atoms with van der Waals surface area (Å²) in [7, 11) is 0. The van der Waals surface area contributed by atoms with Crippen LogP contribution in [0.3, 0.4) is 0 Å². The van der Waals surface area contributed by atoms with Crippen molar-refractivity contribution in [1.82, 2.24) is 15.2 Å². The molecule has 1 fully saturated rings. The van der Waals surface area contributed by atoms with Crippen LogP contribution in [0.25, 0.3) is 0 Å². The third-order valence-corrected chi connectivity index (χ3v) is 5.63. The van der Waals surface area contributed by atoms with Gasteiger partial charge in [0.1, 0.15) is 11.6 Å². The van der Waals surface area contributed by atoms with Gasteiger partial charge in [-0.25, -0.2) is 13.8 Å². The molecule has 2 aromatic rings. The smallest absolute Gasteiger partial charge is 0.256 e. The van der Waals surface area contributed by atoms with Crippen LogP contribution < -0.4 is 5.32 Å². The maximum atomic E-state index is 13.9. The van der Waals surface area contributed by atoms with E-state index in [2.05, 4.69) is 10.3 Å². The average Bonchev–Trinajstić information content (AvgIpc) is 3.15. The Morgan fingerprint density at radius 3 is 2.93 bits per heavy atom. The summed E-state index contributed by atoms with van der Waals surface area (Å²) in [6.07, 6.45) is 2.11. The molecule has 144 valence electrons. The molecule has 0 saturated carbocycles. The highest BCUT2D eigenvalue weighted by Crippen LogP contribution is 2.30. The summed E-state index contributed by atoms with van der Waals surface area (Å²) < 4.78 is 27.0. The number of nitrogens with zero attached hydrogens (tertiary/aromatic N) is 2. The number of carbonyl (C=O) groups is 2. The van der Waals surface area contributed by atoms with Crippen LogP contribution in [0.4, 0.5) is 8.78 Å². The number of rotatable bonds is 5. The number of carbonyl (C=O) groups excluding carboxylic acids is 2. The van der Waals surface area contributed by atoms with Crippen LogP contribution in [0, 0.1) is 11.6 Å². The van der Waals surface area contributed by atoms with Crippen molar-refractivity contribution in [2.24, 2.45) is 0 Å². The normalized spacial score (nSPS) is 17.0. The Balaban J connectivity index is 1.66. The van der Waals surface area contributed by atoms with E-state index < -0.39 is 17.5 Å². The zero-order valence-corrected chi connectivity index (χ0v) is 15.8. The molecule has 0 spiro atoms. The van der Waals surface area contributed by atoms with Gasteiger partial charge in [0, 0.05) is 36.9 Å². The summed E-state index contributed by atoms with van der Waals surface area (Å²) in [6, 6.07) is 3.01. The van der Waals surface area contributed by atoms with E-state index >= 15 is 0 Å². The molecule has 3 rings (SSSR count). The minimum absolute atomic E-state index is 0.0275. The lowest BCUT2D eigenvalue weighted by atomic mass is 9.98. The monoisotopic (exact) mass is 393 g/mol. The van der Waals surface area contributed by atoms with Crippen molar-refractivity contribution >= 4 is 23.2 Å². The molecule has 0 aliphatic carbocycles. The molecule has 1 aromatic carbocycles. The lowest BCUT2D eigenvalue weighted by molar-refractivity contribution is -0.120. The standard InChI is InChI=1S/C19H21F2N3O2S/c1-2-17(25)22-9-14-11-27-18(23-14)12-4-3-7-24(10-12)19(26)15-6-5-13(20)8-16(15)21/h5-6,8,11-12H,2-4,7,9-10H2,1H3,(H,22,25)/t12-/m1/s1. The summed E-state index contributed by atoms with van der Waals surface area (Å²) in [4.78, 5) is 30.2. The molecule has 2 heterocycles. The first-order valence-corrected chi connectivity index (χ1v) is 9.81. The molecule has 5 nitrogen and oxygen atoms in total. The fraction of sp³-hybridized carbons (Fsp3) is 0.421. The van der Waals surface area contributed by atoms with E-state index in [1.807, 2.05) is 5.38 Å². The fourth-order valence-corrected chi connectivity index (χ4v) is 4.05. The second kappa shape index (κ2) is 8.56. The lowest BCUT2D eigenvalue weighted by Crippen LogP contribution is -2.39. The number of thiazole rings is 1. The summed E-state index contributed by atoms with van der Waals surface area (Å²) in [5.41, 5.74) is 0.684. The fourth-order valence-electron chi connectivity index (χ4n) is 3.10. The third-order valence-electron chi connectivity index (χ3n) is 4.58. The Kier molecular flexibility index (Phi) is 6.15. The van der Waals surface area contributed by atoms with E-state index in [1.165, 1.54) is 17.4 Å². The van der Waals surface area contributed by atoms with Crippen molar-refractivity contribution in [2.75, 3.05) is 13.1 Å². The highest BCUT2D eigenvalue weighted by Gasteiger charge is 2.28. The van der Waals surface area contributed by atoms with Gasteiger partial charge in [-0.3, -0.25) is 9.59 Å². The lowest BCUT2D eigenvalue weighted by Gasteiger charge is -2.32. The molecule has 0 bridgehead atoms. The van der Waals surface area contributed by atoms with E-state index in [4.69, 9.17) is 0 Å². The van der Waals surface area contributed by atoms with Gasteiger partial charge < -0.3 is 10.2 Å². The second-order valence-corrected chi connectivity index (χ2v) is 7.41. The Bertz CT molecular complexity index is 840. The van der Waals surface area contributed by atoms with Gasteiger partial charge in [0.25, 0.3) is 5.91 Å². The molecule has 2 amide bonds.